The molecule has 2 fully saturated rings. The summed E-state index contributed by atoms with van der Waals surface area (Å²) in [6.45, 7) is 3.28. The number of rotatable bonds is 3. The summed E-state index contributed by atoms with van der Waals surface area (Å²) in [5.41, 5.74) is 0.915. The van der Waals surface area contributed by atoms with Gasteiger partial charge in [-0.05, 0) is 44.4 Å². The van der Waals surface area contributed by atoms with Crippen molar-refractivity contribution in [2.24, 2.45) is 15.9 Å². The Kier molecular flexibility index (Phi) is 5.39. The van der Waals surface area contributed by atoms with Gasteiger partial charge in [0.05, 0.1) is 16.3 Å². The Balaban J connectivity index is 1.53. The SMILES string of the molecule is O=C1NC(C2CCOCC2)=NC(=N[C@@H]2CCCNC2)C1c1nc2ccccc2s1. The lowest BCUT2D eigenvalue weighted by atomic mass is 9.96. The number of carbonyl (C=O) groups is 1. The topological polar surface area (TPSA) is 88.0 Å². The smallest absolute Gasteiger partial charge is 0.243 e. The van der Waals surface area contributed by atoms with Crippen LogP contribution in [-0.2, 0) is 9.53 Å². The minimum absolute atomic E-state index is 0.0666. The summed E-state index contributed by atoms with van der Waals surface area (Å²) in [5, 5.41) is 7.24. The number of ether oxygens (including phenoxy) is 1. The van der Waals surface area contributed by atoms with E-state index in [4.69, 9.17) is 19.7 Å². The zero-order valence-electron chi connectivity index (χ0n) is 16.3. The van der Waals surface area contributed by atoms with E-state index in [2.05, 4.69) is 10.6 Å². The molecule has 2 atom stereocenters. The van der Waals surface area contributed by atoms with E-state index in [9.17, 15) is 4.79 Å². The molecule has 8 heteroatoms. The Morgan fingerprint density at radius 2 is 2.03 bits per heavy atom. The van der Waals surface area contributed by atoms with Crippen LogP contribution < -0.4 is 10.6 Å². The number of para-hydroxylation sites is 1. The van der Waals surface area contributed by atoms with Crippen molar-refractivity contribution < 1.29 is 9.53 Å². The van der Waals surface area contributed by atoms with Crippen molar-refractivity contribution in [3.63, 3.8) is 0 Å². The molecule has 0 radical (unpaired) electrons. The highest BCUT2D eigenvalue weighted by atomic mass is 32.1. The summed E-state index contributed by atoms with van der Waals surface area (Å²) in [4.78, 5) is 27.8. The van der Waals surface area contributed by atoms with Gasteiger partial charge in [-0.3, -0.25) is 9.79 Å². The number of aromatic nitrogens is 1. The van der Waals surface area contributed by atoms with Crippen molar-refractivity contribution in [3.8, 4) is 0 Å². The van der Waals surface area contributed by atoms with Gasteiger partial charge in [0.25, 0.3) is 0 Å². The molecule has 5 rings (SSSR count). The molecule has 1 aromatic carbocycles. The minimum Gasteiger partial charge on any atom is -0.381 e. The number of amidine groups is 2. The highest BCUT2D eigenvalue weighted by Gasteiger charge is 2.37. The number of thiazole rings is 1. The maximum absolute atomic E-state index is 13.2. The zero-order valence-corrected chi connectivity index (χ0v) is 17.1. The molecular weight excluding hydrogens is 386 g/mol. The largest absolute Gasteiger partial charge is 0.381 e. The van der Waals surface area contributed by atoms with Gasteiger partial charge in [0, 0.05) is 25.7 Å². The lowest BCUT2D eigenvalue weighted by molar-refractivity contribution is -0.120. The van der Waals surface area contributed by atoms with Crippen LogP contribution in [0.3, 0.4) is 0 Å². The first-order chi connectivity index (χ1) is 14.3. The molecule has 1 aromatic heterocycles. The second-order valence-electron chi connectivity index (χ2n) is 7.81. The lowest BCUT2D eigenvalue weighted by Gasteiger charge is -2.29. The van der Waals surface area contributed by atoms with E-state index >= 15 is 0 Å². The molecule has 0 bridgehead atoms. The number of aliphatic imine (C=N–C) groups is 2. The molecule has 2 aromatic rings. The Morgan fingerprint density at radius 1 is 1.17 bits per heavy atom. The molecule has 1 unspecified atom stereocenters. The first kappa shape index (κ1) is 18.8. The van der Waals surface area contributed by atoms with E-state index in [0.29, 0.717) is 19.0 Å². The Labute approximate surface area is 173 Å². The number of benzene rings is 1. The van der Waals surface area contributed by atoms with Gasteiger partial charge in [-0.15, -0.1) is 11.3 Å². The standard InChI is InChI=1S/C21H25N5O2S/c27-20-17(21-24-15-5-1-2-6-16(15)29-21)19(23-14-4-3-9-22-12-14)25-18(26-20)13-7-10-28-11-8-13/h1-2,5-6,13-14,17,22H,3-4,7-12H2,(H,23,25,26,27)/t14-,17?/m1/s1. The number of piperidine rings is 1. The third kappa shape index (κ3) is 3.97. The van der Waals surface area contributed by atoms with Gasteiger partial charge in [-0.1, -0.05) is 12.1 Å². The first-order valence-corrected chi connectivity index (χ1v) is 11.2. The average molecular weight is 412 g/mol. The fourth-order valence-corrected chi connectivity index (χ4v) is 5.23. The Bertz CT molecular complexity index is 924. The van der Waals surface area contributed by atoms with Crippen LogP contribution in [0.5, 0.6) is 0 Å². The Morgan fingerprint density at radius 3 is 2.83 bits per heavy atom. The number of fused-ring (bicyclic) bond motifs is 1. The van der Waals surface area contributed by atoms with Gasteiger partial charge in [-0.25, -0.2) is 9.98 Å². The molecule has 3 aliphatic heterocycles. The molecule has 29 heavy (non-hydrogen) atoms. The highest BCUT2D eigenvalue weighted by molar-refractivity contribution is 7.18. The molecule has 4 heterocycles. The highest BCUT2D eigenvalue weighted by Crippen LogP contribution is 2.32. The molecule has 3 aliphatic rings. The number of amides is 1. The molecule has 7 nitrogen and oxygen atoms in total. The predicted molar refractivity (Wildman–Crippen MR) is 115 cm³/mol. The normalized spacial score (nSPS) is 27.8. The van der Waals surface area contributed by atoms with Crippen molar-refractivity contribution in [1.29, 1.82) is 0 Å². The van der Waals surface area contributed by atoms with Crippen LogP contribution in [-0.4, -0.2) is 54.9 Å². The van der Waals surface area contributed by atoms with E-state index in [0.717, 1.165) is 59.8 Å². The monoisotopic (exact) mass is 411 g/mol. The summed E-state index contributed by atoms with van der Waals surface area (Å²) in [5.74, 6) is 0.973. The van der Waals surface area contributed by atoms with Gasteiger partial charge >= 0.3 is 0 Å². The van der Waals surface area contributed by atoms with Gasteiger partial charge in [0.1, 0.15) is 22.6 Å². The van der Waals surface area contributed by atoms with Crippen molar-refractivity contribution in [3.05, 3.63) is 29.3 Å². The molecule has 0 aliphatic carbocycles. The second kappa shape index (κ2) is 8.30. The Hall–Kier alpha value is -2.16. The van der Waals surface area contributed by atoms with Crippen LogP contribution in [0.25, 0.3) is 10.2 Å². The van der Waals surface area contributed by atoms with Gasteiger partial charge in [0.2, 0.25) is 5.91 Å². The third-order valence-electron chi connectivity index (χ3n) is 5.76. The number of hydrogen-bond donors (Lipinski definition) is 2. The number of hydrogen-bond acceptors (Lipinski definition) is 6. The summed E-state index contributed by atoms with van der Waals surface area (Å²) in [6.07, 6.45) is 3.87. The van der Waals surface area contributed by atoms with Crippen LogP contribution >= 0.6 is 11.3 Å². The van der Waals surface area contributed by atoms with Crippen molar-refractivity contribution in [2.45, 2.75) is 37.6 Å². The van der Waals surface area contributed by atoms with Crippen LogP contribution in [0.4, 0.5) is 0 Å². The molecule has 0 spiro atoms. The van der Waals surface area contributed by atoms with Crippen molar-refractivity contribution in [1.82, 2.24) is 15.6 Å². The minimum atomic E-state index is -0.544. The number of nitrogens with one attached hydrogen (secondary N) is 2. The molecular formula is C21H25N5O2S. The fourth-order valence-electron chi connectivity index (χ4n) is 4.17. The van der Waals surface area contributed by atoms with Crippen molar-refractivity contribution in [2.75, 3.05) is 26.3 Å². The van der Waals surface area contributed by atoms with E-state index in [1.54, 1.807) is 11.3 Å². The summed E-state index contributed by atoms with van der Waals surface area (Å²) in [7, 11) is 0. The number of carbonyl (C=O) groups excluding carboxylic acids is 1. The van der Waals surface area contributed by atoms with Crippen LogP contribution in [0.2, 0.25) is 0 Å². The zero-order chi connectivity index (χ0) is 19.6. The molecule has 152 valence electrons. The average Bonchev–Trinajstić information content (AvgIpc) is 3.18. The molecule has 1 amide bonds. The van der Waals surface area contributed by atoms with E-state index in [-0.39, 0.29) is 17.9 Å². The van der Waals surface area contributed by atoms with Crippen LogP contribution in [0.1, 0.15) is 36.6 Å². The molecule has 2 N–H and O–H groups in total. The van der Waals surface area contributed by atoms with E-state index in [1.807, 2.05) is 24.3 Å². The van der Waals surface area contributed by atoms with Crippen molar-refractivity contribution >= 4 is 39.1 Å². The third-order valence-corrected chi connectivity index (χ3v) is 6.86. The molecule has 0 saturated carbocycles. The fraction of sp³-hybridized carbons (Fsp3) is 0.524. The summed E-state index contributed by atoms with van der Waals surface area (Å²) >= 11 is 1.55. The lowest BCUT2D eigenvalue weighted by Crippen LogP contribution is -2.47. The van der Waals surface area contributed by atoms with Gasteiger partial charge in [0.15, 0.2) is 0 Å². The van der Waals surface area contributed by atoms with E-state index < -0.39 is 5.92 Å². The van der Waals surface area contributed by atoms with Gasteiger partial charge in [-0.2, -0.15) is 0 Å². The van der Waals surface area contributed by atoms with E-state index in [1.165, 1.54) is 0 Å². The van der Waals surface area contributed by atoms with Crippen LogP contribution in [0.15, 0.2) is 34.3 Å². The maximum atomic E-state index is 13.2. The summed E-state index contributed by atoms with van der Waals surface area (Å²) < 4.78 is 6.55. The quantitative estimate of drug-likeness (QED) is 0.812. The predicted octanol–water partition coefficient (Wildman–Crippen LogP) is 2.49. The second-order valence-corrected chi connectivity index (χ2v) is 8.88. The first-order valence-electron chi connectivity index (χ1n) is 10.4. The van der Waals surface area contributed by atoms with Crippen LogP contribution in [0, 0.1) is 5.92 Å². The maximum Gasteiger partial charge on any atom is 0.243 e. The summed E-state index contributed by atoms with van der Waals surface area (Å²) in [6, 6.07) is 8.14. The molecule has 2 saturated heterocycles. The van der Waals surface area contributed by atoms with Gasteiger partial charge < -0.3 is 15.4 Å². The number of nitrogens with zero attached hydrogens (tertiary/aromatic N) is 3.